The van der Waals surface area contributed by atoms with E-state index in [4.69, 9.17) is 10.5 Å². The van der Waals surface area contributed by atoms with E-state index < -0.39 is 0 Å². The largest absolute Gasteiger partial charge is 0.377 e. The average Bonchev–Trinajstić information content (AvgIpc) is 2.84. The molecule has 88 valence electrons. The van der Waals surface area contributed by atoms with Gasteiger partial charge in [0.1, 0.15) is 0 Å². The molecule has 0 radical (unpaired) electrons. The van der Waals surface area contributed by atoms with Crippen molar-refractivity contribution in [3.05, 3.63) is 0 Å². The number of rotatable bonds is 5. The molecule has 0 bridgehead atoms. The molecule has 0 amide bonds. The van der Waals surface area contributed by atoms with E-state index in [1.807, 2.05) is 0 Å². The number of ether oxygens (including phenoxy) is 1. The quantitative estimate of drug-likeness (QED) is 0.677. The third-order valence-corrected chi connectivity index (χ3v) is 3.66. The number of hydrogen-bond donors (Lipinski definition) is 2. The Hall–Kier alpha value is -0.120. The maximum absolute atomic E-state index is 5.86. The molecule has 3 N–H and O–H groups in total. The molecule has 2 fully saturated rings. The second-order valence-corrected chi connectivity index (χ2v) is 5.00. The summed E-state index contributed by atoms with van der Waals surface area (Å²) in [5.74, 6) is 0. The van der Waals surface area contributed by atoms with Crippen molar-refractivity contribution in [1.82, 2.24) is 5.32 Å². The van der Waals surface area contributed by atoms with Crippen LogP contribution < -0.4 is 11.1 Å². The van der Waals surface area contributed by atoms with Gasteiger partial charge in [-0.15, -0.1) is 0 Å². The van der Waals surface area contributed by atoms with Crippen molar-refractivity contribution in [3.8, 4) is 0 Å². The van der Waals surface area contributed by atoms with Crippen LogP contribution in [0.3, 0.4) is 0 Å². The highest BCUT2D eigenvalue weighted by Gasteiger charge is 2.21. The van der Waals surface area contributed by atoms with Gasteiger partial charge in [0.25, 0.3) is 0 Å². The Morgan fingerprint density at radius 3 is 2.60 bits per heavy atom. The minimum Gasteiger partial charge on any atom is -0.377 e. The van der Waals surface area contributed by atoms with Crippen molar-refractivity contribution in [2.75, 3.05) is 13.2 Å². The lowest BCUT2D eigenvalue weighted by atomic mass is 10.2. The predicted octanol–water partition coefficient (Wildman–Crippen LogP) is 1.41. The van der Waals surface area contributed by atoms with Crippen LogP contribution in [0.25, 0.3) is 0 Å². The van der Waals surface area contributed by atoms with Crippen LogP contribution in [0.1, 0.15) is 44.9 Å². The minimum atomic E-state index is 0.429. The van der Waals surface area contributed by atoms with Gasteiger partial charge in [0.05, 0.1) is 12.7 Å². The zero-order valence-corrected chi connectivity index (χ0v) is 9.58. The van der Waals surface area contributed by atoms with Crippen LogP contribution in [0.5, 0.6) is 0 Å². The predicted molar refractivity (Wildman–Crippen MR) is 61.8 cm³/mol. The molecule has 2 unspecified atom stereocenters. The smallest absolute Gasteiger partial charge is 0.0594 e. The molecule has 0 aliphatic heterocycles. The van der Waals surface area contributed by atoms with Gasteiger partial charge in [-0.2, -0.15) is 0 Å². The summed E-state index contributed by atoms with van der Waals surface area (Å²) < 4.78 is 5.80. The number of nitrogens with two attached hydrogens (primary N) is 1. The molecule has 2 rings (SSSR count). The molecule has 15 heavy (non-hydrogen) atoms. The fourth-order valence-electron chi connectivity index (χ4n) is 2.75. The summed E-state index contributed by atoms with van der Waals surface area (Å²) in [6.45, 7) is 1.87. The van der Waals surface area contributed by atoms with Gasteiger partial charge in [0, 0.05) is 18.6 Å². The fraction of sp³-hybridized carbons (Fsp3) is 1.00. The molecule has 0 heterocycles. The van der Waals surface area contributed by atoms with Gasteiger partial charge in [-0.3, -0.25) is 0 Å². The Bertz CT molecular complexity index is 180. The molecular weight excluding hydrogens is 188 g/mol. The molecule has 3 nitrogen and oxygen atoms in total. The van der Waals surface area contributed by atoms with Gasteiger partial charge in [0.2, 0.25) is 0 Å². The second-order valence-electron chi connectivity index (χ2n) is 5.00. The van der Waals surface area contributed by atoms with Gasteiger partial charge < -0.3 is 15.8 Å². The Kier molecular flexibility index (Phi) is 4.42. The zero-order chi connectivity index (χ0) is 10.5. The lowest BCUT2D eigenvalue weighted by molar-refractivity contribution is 0.0592. The van der Waals surface area contributed by atoms with Crippen LogP contribution in [-0.2, 0) is 4.74 Å². The third kappa shape index (κ3) is 3.74. The van der Waals surface area contributed by atoms with E-state index in [0.717, 1.165) is 19.6 Å². The van der Waals surface area contributed by atoms with Crippen LogP contribution in [0, 0.1) is 0 Å². The highest BCUT2D eigenvalue weighted by molar-refractivity contribution is 4.82. The van der Waals surface area contributed by atoms with E-state index >= 15 is 0 Å². The van der Waals surface area contributed by atoms with Crippen molar-refractivity contribution in [3.63, 3.8) is 0 Å². The average molecular weight is 212 g/mol. The van der Waals surface area contributed by atoms with E-state index in [9.17, 15) is 0 Å². The van der Waals surface area contributed by atoms with E-state index in [2.05, 4.69) is 5.32 Å². The Balaban J connectivity index is 1.48. The highest BCUT2D eigenvalue weighted by Crippen LogP contribution is 2.20. The van der Waals surface area contributed by atoms with E-state index in [-0.39, 0.29) is 0 Å². The lowest BCUT2D eigenvalue weighted by Gasteiger charge is -2.14. The normalized spacial score (nSPS) is 32.6. The van der Waals surface area contributed by atoms with Crippen LogP contribution in [0.4, 0.5) is 0 Å². The summed E-state index contributed by atoms with van der Waals surface area (Å²) >= 11 is 0. The minimum absolute atomic E-state index is 0.429. The standard InChI is InChI=1S/C12H24N2O/c13-10-5-6-11(9-10)14-7-8-15-12-3-1-2-4-12/h10-12,14H,1-9,13H2. The summed E-state index contributed by atoms with van der Waals surface area (Å²) in [5, 5.41) is 3.53. The van der Waals surface area contributed by atoms with E-state index in [1.165, 1.54) is 38.5 Å². The Labute approximate surface area is 92.7 Å². The molecule has 2 aliphatic rings. The Morgan fingerprint density at radius 2 is 1.93 bits per heavy atom. The Morgan fingerprint density at radius 1 is 1.13 bits per heavy atom. The first kappa shape index (κ1) is 11.4. The number of hydrogen-bond acceptors (Lipinski definition) is 3. The zero-order valence-electron chi connectivity index (χ0n) is 9.58. The maximum atomic E-state index is 5.86. The fourth-order valence-corrected chi connectivity index (χ4v) is 2.75. The third-order valence-electron chi connectivity index (χ3n) is 3.66. The second kappa shape index (κ2) is 5.83. The lowest BCUT2D eigenvalue weighted by Crippen LogP contribution is -2.32. The molecule has 0 aromatic carbocycles. The highest BCUT2D eigenvalue weighted by atomic mass is 16.5. The summed E-state index contributed by atoms with van der Waals surface area (Å²) in [4.78, 5) is 0. The monoisotopic (exact) mass is 212 g/mol. The van der Waals surface area contributed by atoms with Gasteiger partial charge in [-0.1, -0.05) is 12.8 Å². The van der Waals surface area contributed by atoms with Crippen molar-refractivity contribution < 1.29 is 4.74 Å². The molecular formula is C12H24N2O. The van der Waals surface area contributed by atoms with Crippen molar-refractivity contribution >= 4 is 0 Å². The molecule has 2 saturated carbocycles. The molecule has 0 spiro atoms. The first-order chi connectivity index (χ1) is 7.34. The van der Waals surface area contributed by atoms with Crippen LogP contribution in [0.2, 0.25) is 0 Å². The topological polar surface area (TPSA) is 47.3 Å². The number of nitrogens with one attached hydrogen (secondary N) is 1. The van der Waals surface area contributed by atoms with Crippen molar-refractivity contribution in [1.29, 1.82) is 0 Å². The van der Waals surface area contributed by atoms with Gasteiger partial charge in [-0.25, -0.2) is 0 Å². The molecule has 0 saturated heterocycles. The van der Waals surface area contributed by atoms with Crippen LogP contribution >= 0.6 is 0 Å². The first-order valence-electron chi connectivity index (χ1n) is 6.45. The molecule has 0 aromatic heterocycles. The summed E-state index contributed by atoms with van der Waals surface area (Å²) in [5.41, 5.74) is 5.86. The van der Waals surface area contributed by atoms with Gasteiger partial charge >= 0.3 is 0 Å². The first-order valence-corrected chi connectivity index (χ1v) is 6.45. The van der Waals surface area contributed by atoms with E-state index in [0.29, 0.717) is 18.2 Å². The summed E-state index contributed by atoms with van der Waals surface area (Å²) in [7, 11) is 0. The van der Waals surface area contributed by atoms with Crippen LogP contribution in [-0.4, -0.2) is 31.3 Å². The van der Waals surface area contributed by atoms with Gasteiger partial charge in [-0.05, 0) is 32.1 Å². The van der Waals surface area contributed by atoms with Crippen LogP contribution in [0.15, 0.2) is 0 Å². The molecule has 3 heteroatoms. The van der Waals surface area contributed by atoms with Gasteiger partial charge in [0.15, 0.2) is 0 Å². The molecule has 0 aromatic rings. The molecule has 2 atom stereocenters. The summed E-state index contributed by atoms with van der Waals surface area (Å²) in [6.07, 6.45) is 9.38. The van der Waals surface area contributed by atoms with Crippen molar-refractivity contribution in [2.45, 2.75) is 63.1 Å². The molecule has 2 aliphatic carbocycles. The maximum Gasteiger partial charge on any atom is 0.0594 e. The SMILES string of the molecule is NC1CCC(NCCOC2CCCC2)C1. The van der Waals surface area contributed by atoms with E-state index in [1.54, 1.807) is 0 Å². The van der Waals surface area contributed by atoms with Crippen molar-refractivity contribution in [2.24, 2.45) is 5.73 Å². The summed E-state index contributed by atoms with van der Waals surface area (Å²) in [6, 6.07) is 1.07.